The lowest BCUT2D eigenvalue weighted by molar-refractivity contribution is -0.118. The van der Waals surface area contributed by atoms with E-state index in [4.69, 9.17) is 14.6 Å². The normalized spacial score (nSPS) is 15.5. The number of nitrogens with one attached hydrogen (secondary N) is 1. The third kappa shape index (κ3) is 3.14. The van der Waals surface area contributed by atoms with Gasteiger partial charge in [-0.2, -0.15) is 0 Å². The van der Waals surface area contributed by atoms with Crippen LogP contribution < -0.4 is 14.8 Å². The van der Waals surface area contributed by atoms with E-state index in [2.05, 4.69) is 10.3 Å². The maximum absolute atomic E-state index is 13.0. The van der Waals surface area contributed by atoms with Crippen molar-refractivity contribution >= 4 is 17.7 Å². The van der Waals surface area contributed by atoms with Gasteiger partial charge in [0.05, 0.1) is 11.0 Å². The minimum atomic E-state index is -0.964. The summed E-state index contributed by atoms with van der Waals surface area (Å²) < 4.78 is 10.8. The number of carboxylic acid groups (broad SMARTS) is 1. The number of anilines is 1. The monoisotopic (exact) mass is 406 g/mol. The lowest BCUT2D eigenvalue weighted by Crippen LogP contribution is -2.28. The number of carbonyl (C=O) groups excluding carboxylic acids is 1. The molecule has 0 saturated heterocycles. The van der Waals surface area contributed by atoms with E-state index >= 15 is 0 Å². The van der Waals surface area contributed by atoms with E-state index in [1.165, 1.54) is 0 Å². The van der Waals surface area contributed by atoms with Crippen LogP contribution in [0.2, 0.25) is 0 Å². The molecule has 5 rings (SSSR count). The summed E-state index contributed by atoms with van der Waals surface area (Å²) in [7, 11) is 0. The Morgan fingerprint density at radius 2 is 1.70 bits per heavy atom. The van der Waals surface area contributed by atoms with Crippen molar-refractivity contribution in [1.29, 1.82) is 0 Å². The Bertz CT molecular complexity index is 1150. The Hall–Kier alpha value is -3.87. The van der Waals surface area contributed by atoms with Gasteiger partial charge in [-0.1, -0.05) is 18.2 Å². The molecule has 0 atom stereocenters. The third-order valence-corrected chi connectivity index (χ3v) is 5.58. The molecule has 7 nitrogen and oxygen atoms in total. The fourth-order valence-corrected chi connectivity index (χ4v) is 3.65. The first-order valence-corrected chi connectivity index (χ1v) is 9.57. The number of carbonyl (C=O) groups is 2. The van der Waals surface area contributed by atoms with E-state index < -0.39 is 11.4 Å². The minimum absolute atomic E-state index is 0. The molecule has 0 radical (unpaired) electrons. The molecule has 0 spiro atoms. The van der Waals surface area contributed by atoms with Crippen LogP contribution in [0.1, 0.15) is 31.6 Å². The molecule has 30 heavy (non-hydrogen) atoms. The molecular formula is C23H22N2O5. The molecule has 1 saturated carbocycles. The molecule has 1 aliphatic heterocycles. The van der Waals surface area contributed by atoms with Gasteiger partial charge in [-0.25, -0.2) is 9.78 Å². The van der Waals surface area contributed by atoms with Crippen LogP contribution in [0.15, 0.2) is 60.8 Å². The summed E-state index contributed by atoms with van der Waals surface area (Å²) in [6.07, 6.45) is 3.20. The van der Waals surface area contributed by atoms with Gasteiger partial charge in [0.15, 0.2) is 11.5 Å². The number of rotatable bonds is 5. The minimum Gasteiger partial charge on any atom is -0.478 e. The number of benzene rings is 2. The lowest BCUT2D eigenvalue weighted by Gasteiger charge is -2.16. The first-order chi connectivity index (χ1) is 14.5. The predicted molar refractivity (Wildman–Crippen MR) is 113 cm³/mol. The van der Waals surface area contributed by atoms with Crippen molar-refractivity contribution in [2.75, 3.05) is 12.1 Å². The second-order valence-corrected chi connectivity index (χ2v) is 7.42. The van der Waals surface area contributed by atoms with Gasteiger partial charge in [-0.15, -0.1) is 0 Å². The molecule has 154 valence electrons. The zero-order valence-electron chi connectivity index (χ0n) is 15.9. The Balaban J connectivity index is 0.00000144. The number of fused-ring (bicyclic) bond motifs is 1. The maximum atomic E-state index is 13.0. The summed E-state index contributed by atoms with van der Waals surface area (Å²) >= 11 is 0. The van der Waals surface area contributed by atoms with Gasteiger partial charge in [0.25, 0.3) is 0 Å². The molecule has 1 amide bonds. The van der Waals surface area contributed by atoms with Crippen molar-refractivity contribution < 1.29 is 27.0 Å². The molecule has 0 unspecified atom stereocenters. The zero-order chi connectivity index (χ0) is 20.7. The lowest BCUT2D eigenvalue weighted by atomic mass is 9.94. The predicted octanol–water partition coefficient (Wildman–Crippen LogP) is 4.34. The topological polar surface area (TPSA) is 97.8 Å². The highest BCUT2D eigenvalue weighted by atomic mass is 16.7. The Morgan fingerprint density at radius 3 is 2.37 bits per heavy atom. The quantitative estimate of drug-likeness (QED) is 0.654. The van der Waals surface area contributed by atoms with Gasteiger partial charge in [-0.3, -0.25) is 4.79 Å². The van der Waals surface area contributed by atoms with E-state index in [1.54, 1.807) is 36.5 Å². The Morgan fingerprint density at radius 1 is 0.967 bits per heavy atom. The van der Waals surface area contributed by atoms with Gasteiger partial charge in [0.1, 0.15) is 5.82 Å². The highest BCUT2D eigenvalue weighted by Crippen LogP contribution is 2.51. The maximum Gasteiger partial charge on any atom is 0.335 e. The number of aromatic nitrogens is 1. The van der Waals surface area contributed by atoms with E-state index in [0.717, 1.165) is 29.5 Å². The summed E-state index contributed by atoms with van der Waals surface area (Å²) in [5.41, 5.74) is 2.27. The zero-order valence-corrected chi connectivity index (χ0v) is 15.9. The number of aromatic carboxylic acids is 1. The number of hydrogen-bond acceptors (Lipinski definition) is 5. The van der Waals surface area contributed by atoms with Crippen molar-refractivity contribution in [3.63, 3.8) is 0 Å². The highest BCUT2D eigenvalue weighted by molar-refractivity contribution is 6.01. The van der Waals surface area contributed by atoms with Crippen LogP contribution in [-0.4, -0.2) is 28.8 Å². The number of amides is 1. The first kappa shape index (κ1) is 18.2. The molecular weight excluding hydrogens is 384 g/mol. The molecule has 2 aromatic carbocycles. The van der Waals surface area contributed by atoms with Crippen LogP contribution in [0.3, 0.4) is 0 Å². The summed E-state index contributed by atoms with van der Waals surface area (Å²) in [6, 6.07) is 15.8. The van der Waals surface area contributed by atoms with Gasteiger partial charge < -0.3 is 19.9 Å². The SMILES string of the molecule is O=C(O)c1ccc(-c2ccc(NC(=O)C3(c4ccc5c(c4)OCO5)CC3)nc2)cc1.[HH].[HH]. The molecule has 2 N–H and O–H groups in total. The van der Waals surface area contributed by atoms with Crippen molar-refractivity contribution in [2.24, 2.45) is 0 Å². The van der Waals surface area contributed by atoms with E-state index in [1.807, 2.05) is 24.3 Å². The molecule has 7 heteroatoms. The summed E-state index contributed by atoms with van der Waals surface area (Å²) in [4.78, 5) is 28.3. The molecule has 3 aromatic rings. The van der Waals surface area contributed by atoms with Gasteiger partial charge in [0.2, 0.25) is 12.7 Å². The number of nitrogens with zero attached hydrogens (tertiary/aromatic N) is 1. The standard InChI is InChI=1S/C23H18N2O5.2H2/c26-21(27)15-3-1-14(2-4-15)16-5-8-20(24-12-16)25-22(28)23(9-10-23)17-6-7-18-19(11-17)30-13-29-18;;/h1-8,11-12H,9-10,13H2,(H,26,27)(H,24,25,28);2*1H. The Labute approximate surface area is 175 Å². The first-order valence-electron chi connectivity index (χ1n) is 9.57. The second-order valence-electron chi connectivity index (χ2n) is 7.42. The number of carboxylic acids is 1. The fraction of sp³-hybridized carbons (Fsp3) is 0.174. The average molecular weight is 406 g/mol. The average Bonchev–Trinajstić information content (AvgIpc) is 3.45. The highest BCUT2D eigenvalue weighted by Gasteiger charge is 2.51. The molecule has 1 fully saturated rings. The fourth-order valence-electron chi connectivity index (χ4n) is 3.65. The molecule has 2 heterocycles. The largest absolute Gasteiger partial charge is 0.478 e. The van der Waals surface area contributed by atoms with Crippen LogP contribution in [0.4, 0.5) is 5.82 Å². The van der Waals surface area contributed by atoms with Gasteiger partial charge in [0, 0.05) is 14.6 Å². The van der Waals surface area contributed by atoms with Crippen LogP contribution in [0, 0.1) is 0 Å². The van der Waals surface area contributed by atoms with Crippen molar-refractivity contribution in [3.8, 4) is 22.6 Å². The van der Waals surface area contributed by atoms with Crippen LogP contribution in [0.25, 0.3) is 11.1 Å². The smallest absolute Gasteiger partial charge is 0.335 e. The van der Waals surface area contributed by atoms with E-state index in [0.29, 0.717) is 17.3 Å². The Kier molecular flexibility index (Phi) is 4.17. The number of pyridine rings is 1. The van der Waals surface area contributed by atoms with Crippen LogP contribution >= 0.6 is 0 Å². The summed E-state index contributed by atoms with van der Waals surface area (Å²) in [5, 5.41) is 11.9. The molecule has 0 bridgehead atoms. The van der Waals surface area contributed by atoms with E-state index in [-0.39, 0.29) is 21.1 Å². The third-order valence-electron chi connectivity index (χ3n) is 5.58. The number of hydrogen-bond donors (Lipinski definition) is 2. The van der Waals surface area contributed by atoms with Crippen molar-refractivity contribution in [2.45, 2.75) is 18.3 Å². The van der Waals surface area contributed by atoms with Gasteiger partial charge >= 0.3 is 5.97 Å². The van der Waals surface area contributed by atoms with Crippen LogP contribution in [0.5, 0.6) is 11.5 Å². The van der Waals surface area contributed by atoms with Crippen molar-refractivity contribution in [1.82, 2.24) is 4.98 Å². The molecule has 2 aliphatic rings. The second kappa shape index (κ2) is 6.88. The van der Waals surface area contributed by atoms with Gasteiger partial charge in [-0.05, 0) is 60.4 Å². The number of ether oxygens (including phenoxy) is 2. The van der Waals surface area contributed by atoms with Crippen molar-refractivity contribution in [3.05, 3.63) is 71.9 Å². The summed E-state index contributed by atoms with van der Waals surface area (Å²) in [6.45, 7) is 0.202. The molecule has 1 aliphatic carbocycles. The summed E-state index contributed by atoms with van der Waals surface area (Å²) in [5.74, 6) is 0.783. The van der Waals surface area contributed by atoms with Crippen LogP contribution in [-0.2, 0) is 10.2 Å². The molecule has 1 aromatic heterocycles. The van der Waals surface area contributed by atoms with E-state index in [9.17, 15) is 9.59 Å².